The van der Waals surface area contributed by atoms with Crippen LogP contribution in [0.1, 0.15) is 0 Å². The first kappa shape index (κ1) is 19.3. The Balaban J connectivity index is -0.000000144. The van der Waals surface area contributed by atoms with Gasteiger partial charge in [-0.2, -0.15) is 0 Å². The van der Waals surface area contributed by atoms with Crippen molar-refractivity contribution in [2.24, 2.45) is 0 Å². The summed E-state index contributed by atoms with van der Waals surface area (Å²) in [5, 5.41) is 0. The average Bonchev–Trinajstić information content (AvgIpc) is 2.64. The molecule has 6 heteroatoms. The third-order valence-electron chi connectivity index (χ3n) is 0.972. The van der Waals surface area contributed by atoms with Crippen molar-refractivity contribution in [3.63, 3.8) is 0 Å². The number of aromatic nitrogens is 3. The number of hydrogen-bond acceptors (Lipinski definition) is 2. The summed E-state index contributed by atoms with van der Waals surface area (Å²) in [5.74, 6) is 0. The molecule has 0 aromatic carbocycles. The number of nitrogens with zero attached hydrogens (tertiary/aromatic N) is 2. The van der Waals surface area contributed by atoms with E-state index in [1.165, 1.54) is 0 Å². The molecule has 0 fully saturated rings. The fraction of sp³-hybridized carbons (Fsp3) is 0. The van der Waals surface area contributed by atoms with Crippen molar-refractivity contribution in [3.8, 4) is 0 Å². The Hall–Kier alpha value is -0.294. The van der Waals surface area contributed by atoms with Gasteiger partial charge in [0.2, 0.25) is 0 Å². The second-order valence-electron chi connectivity index (χ2n) is 1.79. The normalized spacial score (nSPS) is 6.29. The van der Waals surface area contributed by atoms with Gasteiger partial charge in [-0.1, -0.05) is 6.07 Å². The predicted molar refractivity (Wildman–Crippen MR) is 48.6 cm³/mol. The van der Waals surface area contributed by atoms with E-state index >= 15 is 0 Å². The van der Waals surface area contributed by atoms with Gasteiger partial charge in [0.05, 0.1) is 6.33 Å². The Labute approximate surface area is 112 Å². The molecule has 0 aliphatic heterocycles. The van der Waals surface area contributed by atoms with Crippen molar-refractivity contribution >= 4 is 23.1 Å². The number of imidazole rings is 1. The first-order valence-corrected chi connectivity index (χ1v) is 3.28. The third-order valence-corrected chi connectivity index (χ3v) is 0.972. The summed E-state index contributed by atoms with van der Waals surface area (Å²) >= 11 is 0. The molecule has 0 spiro atoms. The topological polar surface area (TPSA) is 41.6 Å². The zero-order valence-corrected chi connectivity index (χ0v) is 10.4. The van der Waals surface area contributed by atoms with Crippen molar-refractivity contribution in [2.75, 3.05) is 0 Å². The van der Waals surface area contributed by atoms with Crippen LogP contribution in [0.3, 0.4) is 0 Å². The predicted octanol–water partition coefficient (Wildman–Crippen LogP) is -4.88. The van der Waals surface area contributed by atoms with Gasteiger partial charge in [0.1, 0.15) is 0 Å². The Morgan fingerprint density at radius 1 is 0.786 bits per heavy atom. The summed E-state index contributed by atoms with van der Waals surface area (Å²) in [4.78, 5) is 10.2. The molecule has 14 heavy (non-hydrogen) atoms. The molecule has 1 N–H and O–H groups in total. The van der Waals surface area contributed by atoms with Crippen molar-refractivity contribution in [2.45, 2.75) is 0 Å². The summed E-state index contributed by atoms with van der Waals surface area (Å²) in [5.41, 5.74) is 0. The minimum absolute atomic E-state index is 0. The maximum atomic E-state index is 3.78. The Kier molecular flexibility index (Phi) is 20.9. The fourth-order valence-electron chi connectivity index (χ4n) is 0.528. The quantitative estimate of drug-likeness (QED) is 0.471. The molecule has 2 aromatic rings. The van der Waals surface area contributed by atoms with Crippen molar-refractivity contribution < 1.29 is 24.8 Å². The maximum absolute atomic E-state index is 3.78. The summed E-state index contributed by atoms with van der Waals surface area (Å²) in [6.45, 7) is 0. The monoisotopic (exact) mass is 241 g/mol. The maximum Gasteiger partial charge on any atom is 2.00 e. The molecule has 0 atom stereocenters. The molecule has 0 saturated carbocycles. The zero-order chi connectivity index (χ0) is 7.78. The molecular weight excluding hydrogens is 233 g/mol. The number of pyridine rings is 1. The SMILES string of the molecule is [Cl-].[Cl-].[Mg+2].c1c[nH]cn1.c1ccncc1. The largest absolute Gasteiger partial charge is 2.00 e. The van der Waals surface area contributed by atoms with Gasteiger partial charge in [-0.3, -0.25) is 4.98 Å². The van der Waals surface area contributed by atoms with E-state index in [-0.39, 0.29) is 47.9 Å². The Bertz CT molecular complexity index is 208. The molecule has 2 rings (SSSR count). The van der Waals surface area contributed by atoms with Crippen LogP contribution in [-0.4, -0.2) is 38.0 Å². The van der Waals surface area contributed by atoms with E-state index in [1.807, 2.05) is 18.2 Å². The second kappa shape index (κ2) is 15.2. The van der Waals surface area contributed by atoms with Crippen molar-refractivity contribution in [3.05, 3.63) is 49.3 Å². The molecule has 0 amide bonds. The third kappa shape index (κ3) is 11.7. The van der Waals surface area contributed by atoms with Crippen molar-refractivity contribution in [1.29, 1.82) is 0 Å². The first-order valence-electron chi connectivity index (χ1n) is 3.28. The summed E-state index contributed by atoms with van der Waals surface area (Å²) in [7, 11) is 0. The number of halogens is 2. The molecule has 3 nitrogen and oxygen atoms in total. The van der Waals surface area contributed by atoms with E-state index in [4.69, 9.17) is 0 Å². The van der Waals surface area contributed by atoms with Gasteiger partial charge in [0.15, 0.2) is 0 Å². The number of hydrogen-bond donors (Lipinski definition) is 1. The minimum atomic E-state index is 0. The van der Waals surface area contributed by atoms with Crippen LogP contribution in [0.5, 0.6) is 0 Å². The number of nitrogens with one attached hydrogen (secondary N) is 1. The average molecular weight is 242 g/mol. The number of rotatable bonds is 0. The number of aromatic amines is 1. The zero-order valence-electron chi connectivity index (χ0n) is 7.48. The molecule has 0 unspecified atom stereocenters. The molecule has 0 saturated heterocycles. The fourth-order valence-corrected chi connectivity index (χ4v) is 0.528. The molecule has 0 bridgehead atoms. The van der Waals surface area contributed by atoms with E-state index in [0.29, 0.717) is 0 Å². The van der Waals surface area contributed by atoms with E-state index in [0.717, 1.165) is 0 Å². The van der Waals surface area contributed by atoms with Crippen LogP contribution >= 0.6 is 0 Å². The summed E-state index contributed by atoms with van der Waals surface area (Å²) in [6.07, 6.45) is 8.58. The van der Waals surface area contributed by atoms with Gasteiger partial charge < -0.3 is 29.8 Å². The van der Waals surface area contributed by atoms with Crippen LogP contribution < -0.4 is 24.8 Å². The van der Waals surface area contributed by atoms with E-state index in [9.17, 15) is 0 Å². The molecule has 2 heterocycles. The smallest absolute Gasteiger partial charge is 1.00 e. The molecule has 0 radical (unpaired) electrons. The minimum Gasteiger partial charge on any atom is -1.00 e. The summed E-state index contributed by atoms with van der Waals surface area (Å²) < 4.78 is 0. The van der Waals surface area contributed by atoms with Gasteiger partial charge in [0.25, 0.3) is 0 Å². The Morgan fingerprint density at radius 2 is 1.43 bits per heavy atom. The molecule has 0 aliphatic carbocycles. The van der Waals surface area contributed by atoms with E-state index < -0.39 is 0 Å². The van der Waals surface area contributed by atoms with Crippen LogP contribution in [0.2, 0.25) is 0 Å². The molecular formula is C8H9Cl2MgN3. The molecule has 0 aliphatic rings. The molecule has 2 aromatic heterocycles. The van der Waals surface area contributed by atoms with Crippen LogP contribution in [0.15, 0.2) is 49.3 Å². The standard InChI is InChI=1S/C5H5N.C3H4N2.2ClH.Mg/c1-2-4-6-5-3-1;1-2-5-3-4-1;;;/h1-5H;1-3H,(H,4,5);2*1H;/q;;;;+2/p-2. The van der Waals surface area contributed by atoms with Gasteiger partial charge in [-0.05, 0) is 12.1 Å². The van der Waals surface area contributed by atoms with Gasteiger partial charge in [0, 0.05) is 24.8 Å². The van der Waals surface area contributed by atoms with Gasteiger partial charge in [-0.15, -0.1) is 0 Å². The van der Waals surface area contributed by atoms with Crippen LogP contribution in [0.4, 0.5) is 0 Å². The first-order chi connectivity index (χ1) is 5.50. The van der Waals surface area contributed by atoms with E-state index in [1.54, 1.807) is 31.1 Å². The van der Waals surface area contributed by atoms with Gasteiger partial charge >= 0.3 is 23.1 Å². The number of H-pyrrole nitrogens is 1. The van der Waals surface area contributed by atoms with Gasteiger partial charge in [-0.25, -0.2) is 4.98 Å². The van der Waals surface area contributed by atoms with Crippen LogP contribution in [-0.2, 0) is 0 Å². The Morgan fingerprint density at radius 3 is 1.57 bits per heavy atom. The van der Waals surface area contributed by atoms with Crippen LogP contribution in [0.25, 0.3) is 0 Å². The molecule has 72 valence electrons. The van der Waals surface area contributed by atoms with Crippen molar-refractivity contribution in [1.82, 2.24) is 15.0 Å². The summed E-state index contributed by atoms with van der Waals surface area (Å²) in [6, 6.07) is 5.72. The van der Waals surface area contributed by atoms with E-state index in [2.05, 4.69) is 15.0 Å². The van der Waals surface area contributed by atoms with Crippen LogP contribution in [0, 0.1) is 0 Å². The second-order valence-corrected chi connectivity index (χ2v) is 1.79.